The molecular weight excluding hydrogens is 238 g/mol. The van der Waals surface area contributed by atoms with Crippen LogP contribution in [0.2, 0.25) is 0 Å². The Morgan fingerprint density at radius 3 is 3.17 bits per heavy atom. The number of aromatic nitrogens is 4. The first-order valence-corrected chi connectivity index (χ1v) is 5.44. The standard InChI is InChI=1S/C10H13N5O3/c11-10-13-8-7(9(17)14-10)12-5-15(8)6-18-4-2-1-3-16/h3,5H,1-2,4,6H2,(H3,11,13,14,17). The summed E-state index contributed by atoms with van der Waals surface area (Å²) in [6.45, 7) is 0.669. The number of aromatic amines is 1. The van der Waals surface area contributed by atoms with Gasteiger partial charge in [-0.3, -0.25) is 14.3 Å². The van der Waals surface area contributed by atoms with E-state index in [2.05, 4.69) is 15.0 Å². The number of imidazole rings is 1. The average molecular weight is 251 g/mol. The van der Waals surface area contributed by atoms with Crippen molar-refractivity contribution in [2.24, 2.45) is 0 Å². The number of carbonyl (C=O) groups is 1. The van der Waals surface area contributed by atoms with Gasteiger partial charge in [-0.2, -0.15) is 4.98 Å². The van der Waals surface area contributed by atoms with Crippen LogP contribution in [0, 0.1) is 0 Å². The number of nitrogen functional groups attached to an aromatic ring is 1. The first-order valence-electron chi connectivity index (χ1n) is 5.44. The maximum atomic E-state index is 11.5. The van der Waals surface area contributed by atoms with Crippen molar-refractivity contribution in [3.8, 4) is 0 Å². The van der Waals surface area contributed by atoms with Gasteiger partial charge in [-0.15, -0.1) is 0 Å². The van der Waals surface area contributed by atoms with Crippen LogP contribution in [-0.4, -0.2) is 32.4 Å². The Balaban J connectivity index is 2.09. The van der Waals surface area contributed by atoms with Crippen LogP contribution in [-0.2, 0) is 16.3 Å². The number of fused-ring (bicyclic) bond motifs is 1. The van der Waals surface area contributed by atoms with E-state index in [1.165, 1.54) is 6.33 Å². The molecule has 0 amide bonds. The Morgan fingerprint density at radius 1 is 1.56 bits per heavy atom. The van der Waals surface area contributed by atoms with Gasteiger partial charge in [0, 0.05) is 13.0 Å². The van der Waals surface area contributed by atoms with Crippen molar-refractivity contribution in [3.05, 3.63) is 16.7 Å². The summed E-state index contributed by atoms with van der Waals surface area (Å²) in [6, 6.07) is 0. The summed E-state index contributed by atoms with van der Waals surface area (Å²) < 4.78 is 6.92. The van der Waals surface area contributed by atoms with Crippen molar-refractivity contribution in [1.82, 2.24) is 19.5 Å². The van der Waals surface area contributed by atoms with E-state index >= 15 is 0 Å². The number of carbonyl (C=O) groups excluding carboxylic acids is 1. The fraction of sp³-hybridized carbons (Fsp3) is 0.400. The van der Waals surface area contributed by atoms with Crippen molar-refractivity contribution in [2.75, 3.05) is 12.3 Å². The number of rotatable bonds is 6. The highest BCUT2D eigenvalue weighted by molar-refractivity contribution is 5.70. The maximum Gasteiger partial charge on any atom is 0.280 e. The van der Waals surface area contributed by atoms with Gasteiger partial charge >= 0.3 is 0 Å². The number of nitrogens with two attached hydrogens (primary N) is 1. The van der Waals surface area contributed by atoms with Crippen molar-refractivity contribution in [3.63, 3.8) is 0 Å². The minimum Gasteiger partial charge on any atom is -0.369 e. The Hall–Kier alpha value is -2.22. The van der Waals surface area contributed by atoms with E-state index in [0.29, 0.717) is 25.1 Å². The molecule has 2 aromatic heterocycles. The van der Waals surface area contributed by atoms with E-state index in [0.717, 1.165) is 6.29 Å². The number of aldehydes is 1. The smallest absolute Gasteiger partial charge is 0.280 e. The SMILES string of the molecule is Nc1nc2c(ncn2COCCCC=O)c(=O)[nH]1. The van der Waals surface area contributed by atoms with Crippen LogP contribution >= 0.6 is 0 Å². The molecule has 0 bridgehead atoms. The predicted molar refractivity (Wildman–Crippen MR) is 63.8 cm³/mol. The third-order valence-electron chi connectivity index (χ3n) is 2.33. The van der Waals surface area contributed by atoms with Gasteiger partial charge in [-0.25, -0.2) is 4.98 Å². The van der Waals surface area contributed by atoms with Crippen LogP contribution in [0.4, 0.5) is 5.95 Å². The van der Waals surface area contributed by atoms with Crippen LogP contribution in [0.1, 0.15) is 12.8 Å². The highest BCUT2D eigenvalue weighted by atomic mass is 16.5. The predicted octanol–water partition coefficient (Wildman–Crippen LogP) is -0.345. The molecule has 0 saturated heterocycles. The molecule has 8 heteroatoms. The van der Waals surface area contributed by atoms with Gasteiger partial charge in [0.25, 0.3) is 5.56 Å². The van der Waals surface area contributed by atoms with E-state index in [1.54, 1.807) is 4.57 Å². The summed E-state index contributed by atoms with van der Waals surface area (Å²) in [7, 11) is 0. The molecule has 2 heterocycles. The Morgan fingerprint density at radius 2 is 2.39 bits per heavy atom. The van der Waals surface area contributed by atoms with Crippen LogP contribution in [0.25, 0.3) is 11.2 Å². The lowest BCUT2D eigenvalue weighted by Gasteiger charge is -2.04. The third kappa shape index (κ3) is 2.54. The number of anilines is 1. The molecule has 3 N–H and O–H groups in total. The highest BCUT2D eigenvalue weighted by Crippen LogP contribution is 2.06. The maximum absolute atomic E-state index is 11.5. The second kappa shape index (κ2) is 5.41. The van der Waals surface area contributed by atoms with Gasteiger partial charge < -0.3 is 15.3 Å². The quantitative estimate of drug-likeness (QED) is 0.535. The van der Waals surface area contributed by atoms with Gasteiger partial charge in [-0.05, 0) is 6.42 Å². The van der Waals surface area contributed by atoms with E-state index in [1.807, 2.05) is 0 Å². The molecule has 96 valence electrons. The van der Waals surface area contributed by atoms with Gasteiger partial charge in [-0.1, -0.05) is 0 Å². The normalized spacial score (nSPS) is 10.9. The van der Waals surface area contributed by atoms with Crippen molar-refractivity contribution in [2.45, 2.75) is 19.6 Å². The summed E-state index contributed by atoms with van der Waals surface area (Å²) >= 11 is 0. The summed E-state index contributed by atoms with van der Waals surface area (Å²) in [4.78, 5) is 31.9. The van der Waals surface area contributed by atoms with Crippen LogP contribution in [0.15, 0.2) is 11.1 Å². The summed E-state index contributed by atoms with van der Waals surface area (Å²) in [5, 5.41) is 0. The number of nitrogens with one attached hydrogen (secondary N) is 1. The molecule has 0 atom stereocenters. The number of hydrogen-bond donors (Lipinski definition) is 2. The van der Waals surface area contributed by atoms with E-state index in [4.69, 9.17) is 10.5 Å². The molecule has 0 aromatic carbocycles. The lowest BCUT2D eigenvalue weighted by Crippen LogP contribution is -2.12. The molecule has 0 aliphatic rings. The molecule has 18 heavy (non-hydrogen) atoms. The topological polar surface area (TPSA) is 116 Å². The minimum atomic E-state index is -0.378. The van der Waals surface area contributed by atoms with E-state index in [9.17, 15) is 9.59 Å². The first kappa shape index (κ1) is 12.2. The van der Waals surface area contributed by atoms with Crippen molar-refractivity contribution >= 4 is 23.4 Å². The second-order valence-corrected chi connectivity index (χ2v) is 3.68. The summed E-state index contributed by atoms with van der Waals surface area (Å²) in [5.74, 6) is 0.0372. The molecule has 0 fully saturated rings. The molecule has 2 rings (SSSR count). The van der Waals surface area contributed by atoms with Crippen LogP contribution in [0.3, 0.4) is 0 Å². The molecule has 0 spiro atoms. The third-order valence-corrected chi connectivity index (χ3v) is 2.33. The monoisotopic (exact) mass is 251 g/mol. The Bertz CT molecular complexity index is 603. The average Bonchev–Trinajstić information content (AvgIpc) is 2.72. The van der Waals surface area contributed by atoms with Gasteiger partial charge in [0.05, 0.1) is 6.33 Å². The molecule has 0 aliphatic heterocycles. The summed E-state index contributed by atoms with van der Waals surface area (Å²) in [6.07, 6.45) is 3.44. The first-order chi connectivity index (χ1) is 8.72. The van der Waals surface area contributed by atoms with Gasteiger partial charge in [0.1, 0.15) is 13.0 Å². The van der Waals surface area contributed by atoms with Crippen molar-refractivity contribution < 1.29 is 9.53 Å². The van der Waals surface area contributed by atoms with Crippen molar-refractivity contribution in [1.29, 1.82) is 0 Å². The van der Waals surface area contributed by atoms with E-state index < -0.39 is 0 Å². The molecule has 8 nitrogen and oxygen atoms in total. The zero-order valence-corrected chi connectivity index (χ0v) is 9.63. The fourth-order valence-corrected chi connectivity index (χ4v) is 1.50. The fourth-order valence-electron chi connectivity index (χ4n) is 1.50. The van der Waals surface area contributed by atoms with Crippen LogP contribution in [0.5, 0.6) is 0 Å². The zero-order valence-electron chi connectivity index (χ0n) is 9.63. The number of H-pyrrole nitrogens is 1. The lowest BCUT2D eigenvalue weighted by molar-refractivity contribution is -0.108. The van der Waals surface area contributed by atoms with E-state index in [-0.39, 0.29) is 23.8 Å². The molecule has 0 radical (unpaired) electrons. The second-order valence-electron chi connectivity index (χ2n) is 3.68. The minimum absolute atomic E-state index is 0.0372. The number of ether oxygens (including phenoxy) is 1. The highest BCUT2D eigenvalue weighted by Gasteiger charge is 2.08. The summed E-state index contributed by atoms with van der Waals surface area (Å²) in [5.41, 5.74) is 5.69. The molecular formula is C10H13N5O3. The molecule has 0 unspecified atom stereocenters. The zero-order chi connectivity index (χ0) is 13.0. The van der Waals surface area contributed by atoms with Gasteiger partial charge in [0.2, 0.25) is 5.95 Å². The molecule has 0 aliphatic carbocycles. The van der Waals surface area contributed by atoms with Gasteiger partial charge in [0.15, 0.2) is 11.2 Å². The lowest BCUT2D eigenvalue weighted by atomic mass is 10.4. The number of unbranched alkanes of at least 4 members (excludes halogenated alkanes) is 1. The largest absolute Gasteiger partial charge is 0.369 e. The van der Waals surface area contributed by atoms with Crippen LogP contribution < -0.4 is 11.3 Å². The molecule has 0 saturated carbocycles. The number of hydrogen-bond acceptors (Lipinski definition) is 6. The number of nitrogens with zero attached hydrogens (tertiary/aromatic N) is 3. The Labute approximate surface area is 102 Å². The molecule has 2 aromatic rings. The Kier molecular flexibility index (Phi) is 3.68.